The zero-order valence-electron chi connectivity index (χ0n) is 12.7. The first-order valence-corrected chi connectivity index (χ1v) is 8.08. The number of rotatable bonds is 4. The van der Waals surface area contributed by atoms with E-state index in [1.807, 2.05) is 31.2 Å². The molecule has 3 aromatic heterocycles. The Labute approximate surface area is 139 Å². The van der Waals surface area contributed by atoms with Crippen molar-refractivity contribution in [1.82, 2.24) is 9.78 Å². The van der Waals surface area contributed by atoms with Crippen LogP contribution in [0, 0.1) is 6.92 Å². The quantitative estimate of drug-likeness (QED) is 0.531. The number of fused-ring (bicyclic) bond motifs is 1. The van der Waals surface area contributed by atoms with E-state index in [1.165, 1.54) is 17.6 Å². The number of hydrogen-bond donors (Lipinski definition) is 0. The van der Waals surface area contributed by atoms with Crippen LogP contribution in [-0.2, 0) is 6.54 Å². The summed E-state index contributed by atoms with van der Waals surface area (Å²) in [5.74, 6) is -0.453. The second kappa shape index (κ2) is 5.61. The molecule has 4 rings (SSSR count). The van der Waals surface area contributed by atoms with Crippen LogP contribution >= 0.6 is 11.3 Å². The number of carbonyl (C=O) groups is 1. The molecule has 3 heterocycles. The van der Waals surface area contributed by atoms with Gasteiger partial charge in [-0.15, -0.1) is 16.4 Å². The number of Topliss-reactive ketones (excluding diaryl/α,β-unsaturated/α-hetero) is 1. The van der Waals surface area contributed by atoms with E-state index < -0.39 is 5.76 Å². The molecule has 1 aromatic carbocycles. The van der Waals surface area contributed by atoms with Gasteiger partial charge in [-0.2, -0.15) is 4.68 Å². The van der Waals surface area contributed by atoms with Crippen LogP contribution in [0.1, 0.15) is 15.2 Å². The number of carbonyl (C=O) groups excluding carboxylic acids is 1. The van der Waals surface area contributed by atoms with E-state index in [0.717, 1.165) is 20.3 Å². The fraction of sp³-hybridized carbons (Fsp3) is 0.118. The lowest BCUT2D eigenvalue weighted by molar-refractivity contribution is 0.0968. The van der Waals surface area contributed by atoms with Crippen molar-refractivity contribution in [2.24, 2.45) is 0 Å². The molecule has 0 saturated carbocycles. The van der Waals surface area contributed by atoms with Crippen LogP contribution < -0.4 is 5.76 Å². The first-order chi connectivity index (χ1) is 11.6. The summed E-state index contributed by atoms with van der Waals surface area (Å²) in [5.41, 5.74) is 0.920. The molecule has 0 saturated heterocycles. The van der Waals surface area contributed by atoms with E-state index in [9.17, 15) is 9.59 Å². The molecular weight excluding hydrogens is 328 g/mol. The molecule has 6 nitrogen and oxygen atoms in total. The molecule has 0 atom stereocenters. The number of nitrogens with zero attached hydrogens (tertiary/aromatic N) is 2. The predicted octanol–water partition coefficient (Wildman–Crippen LogP) is 3.50. The van der Waals surface area contributed by atoms with Crippen LogP contribution in [-0.4, -0.2) is 15.6 Å². The Kier molecular flexibility index (Phi) is 3.42. The molecule has 0 spiro atoms. The summed E-state index contributed by atoms with van der Waals surface area (Å²) in [4.78, 5) is 25.1. The molecule has 0 fully saturated rings. The Morgan fingerprint density at radius 1 is 1.25 bits per heavy atom. The molecule has 0 amide bonds. The Balaban J connectivity index is 1.66. The first kappa shape index (κ1) is 14.6. The molecule has 24 heavy (non-hydrogen) atoms. The maximum Gasteiger partial charge on any atom is 0.437 e. The van der Waals surface area contributed by atoms with Gasteiger partial charge in [-0.05, 0) is 36.1 Å². The normalized spacial score (nSPS) is 11.2. The van der Waals surface area contributed by atoms with Gasteiger partial charge in [-0.3, -0.25) is 4.79 Å². The molecule has 0 aliphatic rings. The lowest BCUT2D eigenvalue weighted by atomic mass is 10.1. The van der Waals surface area contributed by atoms with Crippen LogP contribution in [0.25, 0.3) is 21.7 Å². The Morgan fingerprint density at radius 2 is 2.08 bits per heavy atom. The summed E-state index contributed by atoms with van der Waals surface area (Å²) in [6.45, 7) is 1.74. The number of aryl methyl sites for hydroxylation is 1. The third-order valence-corrected chi connectivity index (χ3v) is 5.04. The molecule has 0 unspecified atom stereocenters. The van der Waals surface area contributed by atoms with E-state index in [-0.39, 0.29) is 18.2 Å². The average molecular weight is 340 g/mol. The van der Waals surface area contributed by atoms with Gasteiger partial charge in [0.05, 0.1) is 11.1 Å². The fourth-order valence-electron chi connectivity index (χ4n) is 2.55. The fourth-order valence-corrected chi connectivity index (χ4v) is 3.69. The van der Waals surface area contributed by atoms with Crippen molar-refractivity contribution in [2.75, 3.05) is 0 Å². The highest BCUT2D eigenvalue weighted by atomic mass is 32.1. The van der Waals surface area contributed by atoms with Crippen molar-refractivity contribution in [3.63, 3.8) is 0 Å². The van der Waals surface area contributed by atoms with Gasteiger partial charge in [0, 0.05) is 4.70 Å². The maximum atomic E-state index is 12.6. The highest BCUT2D eigenvalue weighted by Gasteiger charge is 2.19. The predicted molar refractivity (Wildman–Crippen MR) is 89.4 cm³/mol. The Hall–Kier alpha value is -2.93. The summed E-state index contributed by atoms with van der Waals surface area (Å²) in [6.07, 6.45) is 1.46. The molecule has 0 bridgehead atoms. The SMILES string of the molecule is Cc1c(C(=O)Cn2nc(-c3ccco3)oc2=O)sc2ccccc12. The molecular formula is C17H12N2O4S. The highest BCUT2D eigenvalue weighted by molar-refractivity contribution is 7.21. The first-order valence-electron chi connectivity index (χ1n) is 7.26. The number of furan rings is 1. The lowest BCUT2D eigenvalue weighted by Gasteiger charge is -1.98. The lowest BCUT2D eigenvalue weighted by Crippen LogP contribution is -2.21. The van der Waals surface area contributed by atoms with Gasteiger partial charge in [-0.1, -0.05) is 18.2 Å². The van der Waals surface area contributed by atoms with E-state index in [1.54, 1.807) is 12.1 Å². The van der Waals surface area contributed by atoms with Crippen LogP contribution in [0.5, 0.6) is 0 Å². The molecule has 0 aliphatic carbocycles. The number of hydrogen-bond acceptors (Lipinski definition) is 6. The average Bonchev–Trinajstić information content (AvgIpc) is 3.28. The topological polar surface area (TPSA) is 78.2 Å². The van der Waals surface area contributed by atoms with Gasteiger partial charge in [-0.25, -0.2) is 4.79 Å². The van der Waals surface area contributed by atoms with Crippen molar-refractivity contribution in [3.05, 3.63) is 63.7 Å². The number of benzene rings is 1. The third kappa shape index (κ3) is 2.39. The van der Waals surface area contributed by atoms with Gasteiger partial charge >= 0.3 is 5.76 Å². The molecule has 120 valence electrons. The zero-order chi connectivity index (χ0) is 16.7. The van der Waals surface area contributed by atoms with Crippen molar-refractivity contribution in [1.29, 1.82) is 0 Å². The summed E-state index contributed by atoms with van der Waals surface area (Å²) in [6, 6.07) is 11.1. The monoisotopic (exact) mass is 340 g/mol. The van der Waals surface area contributed by atoms with Crippen molar-refractivity contribution < 1.29 is 13.6 Å². The van der Waals surface area contributed by atoms with E-state index in [2.05, 4.69) is 5.10 Å². The molecule has 0 aliphatic heterocycles. The number of aromatic nitrogens is 2. The summed E-state index contributed by atoms with van der Waals surface area (Å²) in [5, 5.41) is 5.08. The molecule has 0 N–H and O–H groups in total. The standard InChI is InChI=1S/C17H12N2O4S/c1-10-11-5-2-3-7-14(11)24-15(10)12(20)9-19-17(21)23-16(18-19)13-6-4-8-22-13/h2-8H,9H2,1H3. The Morgan fingerprint density at radius 3 is 2.83 bits per heavy atom. The van der Waals surface area contributed by atoms with Gasteiger partial charge in [0.1, 0.15) is 6.54 Å². The van der Waals surface area contributed by atoms with Gasteiger partial charge in [0.2, 0.25) is 0 Å². The largest absolute Gasteiger partial charge is 0.459 e. The smallest absolute Gasteiger partial charge is 0.437 e. The zero-order valence-corrected chi connectivity index (χ0v) is 13.5. The minimum Gasteiger partial charge on any atom is -0.459 e. The van der Waals surface area contributed by atoms with Crippen LogP contribution in [0.2, 0.25) is 0 Å². The molecule has 4 aromatic rings. The van der Waals surface area contributed by atoms with E-state index >= 15 is 0 Å². The van der Waals surface area contributed by atoms with Crippen LogP contribution in [0.15, 0.2) is 56.3 Å². The Bertz CT molecular complexity index is 1090. The van der Waals surface area contributed by atoms with Gasteiger partial charge in [0.15, 0.2) is 11.5 Å². The van der Waals surface area contributed by atoms with E-state index in [0.29, 0.717) is 10.6 Å². The second-order valence-electron chi connectivity index (χ2n) is 5.28. The minimum absolute atomic E-state index is 0.0610. The molecule has 0 radical (unpaired) electrons. The van der Waals surface area contributed by atoms with Crippen molar-refractivity contribution in [3.8, 4) is 11.7 Å². The van der Waals surface area contributed by atoms with Gasteiger partial charge < -0.3 is 8.83 Å². The van der Waals surface area contributed by atoms with E-state index in [4.69, 9.17) is 8.83 Å². The van der Waals surface area contributed by atoms with Crippen LogP contribution in [0.3, 0.4) is 0 Å². The van der Waals surface area contributed by atoms with Crippen molar-refractivity contribution in [2.45, 2.75) is 13.5 Å². The van der Waals surface area contributed by atoms with Gasteiger partial charge in [0.25, 0.3) is 5.89 Å². The number of thiophene rings is 1. The maximum absolute atomic E-state index is 12.6. The minimum atomic E-state index is -0.687. The summed E-state index contributed by atoms with van der Waals surface area (Å²) < 4.78 is 12.2. The van der Waals surface area contributed by atoms with Crippen molar-refractivity contribution >= 4 is 27.2 Å². The second-order valence-corrected chi connectivity index (χ2v) is 6.34. The third-order valence-electron chi connectivity index (χ3n) is 3.73. The summed E-state index contributed by atoms with van der Waals surface area (Å²) >= 11 is 1.42. The summed E-state index contributed by atoms with van der Waals surface area (Å²) in [7, 11) is 0. The highest BCUT2D eigenvalue weighted by Crippen LogP contribution is 2.31. The molecule has 7 heteroatoms. The van der Waals surface area contributed by atoms with Crippen LogP contribution in [0.4, 0.5) is 0 Å². The number of ketones is 1.